The number of benzene rings is 1. The first-order chi connectivity index (χ1) is 13.8. The highest BCUT2D eigenvalue weighted by atomic mass is 19.1. The Hall–Kier alpha value is -2.57. The lowest BCUT2D eigenvalue weighted by atomic mass is 10.1. The Morgan fingerprint density at radius 2 is 2.03 bits per heavy atom. The summed E-state index contributed by atoms with van der Waals surface area (Å²) in [5.74, 6) is 0.621. The van der Waals surface area contributed by atoms with Crippen molar-refractivity contribution in [3.05, 3.63) is 47.0 Å². The van der Waals surface area contributed by atoms with Gasteiger partial charge in [-0.1, -0.05) is 12.1 Å². The van der Waals surface area contributed by atoms with Gasteiger partial charge in [-0.25, -0.2) is 4.39 Å². The van der Waals surface area contributed by atoms with Gasteiger partial charge in [0.2, 0.25) is 0 Å². The van der Waals surface area contributed by atoms with Crippen LogP contribution in [0.25, 0.3) is 0 Å². The summed E-state index contributed by atoms with van der Waals surface area (Å²) in [6.45, 7) is 10.6. The van der Waals surface area contributed by atoms with Gasteiger partial charge in [0, 0.05) is 45.5 Å². The third-order valence-electron chi connectivity index (χ3n) is 5.08. The largest absolute Gasteiger partial charge is 0.372 e. The minimum Gasteiger partial charge on any atom is -0.372 e. The molecule has 29 heavy (non-hydrogen) atoms. The zero-order valence-corrected chi connectivity index (χ0v) is 18.6. The molecule has 0 fully saturated rings. The summed E-state index contributed by atoms with van der Waals surface area (Å²) in [5, 5.41) is 11.3. The molecule has 0 aliphatic rings. The van der Waals surface area contributed by atoms with Crippen LogP contribution >= 0.6 is 0 Å². The van der Waals surface area contributed by atoms with Crippen molar-refractivity contribution in [2.24, 2.45) is 12.0 Å². The predicted octanol–water partition coefficient (Wildman–Crippen LogP) is 3.19. The normalized spacial score (nSPS) is 12.7. The lowest BCUT2D eigenvalue weighted by Gasteiger charge is -2.20. The van der Waals surface area contributed by atoms with Gasteiger partial charge in [0.1, 0.15) is 5.82 Å². The highest BCUT2D eigenvalue weighted by molar-refractivity contribution is 5.80. The minimum absolute atomic E-state index is 0.191. The predicted molar refractivity (Wildman–Crippen MR) is 119 cm³/mol. The van der Waals surface area contributed by atoms with E-state index in [9.17, 15) is 4.39 Å². The molecule has 1 atom stereocenters. The SMILES string of the molecule is CCNC(=NCCCN(C)c1ccccc1F)NC(C)Cc1c(C)nn(C)c1C. The van der Waals surface area contributed by atoms with Gasteiger partial charge in [-0.2, -0.15) is 5.10 Å². The van der Waals surface area contributed by atoms with Crippen molar-refractivity contribution in [3.63, 3.8) is 0 Å². The molecular formula is C22H35FN6. The van der Waals surface area contributed by atoms with Crippen molar-refractivity contribution in [3.8, 4) is 0 Å². The van der Waals surface area contributed by atoms with Crippen LogP contribution in [0.1, 0.15) is 37.2 Å². The van der Waals surface area contributed by atoms with E-state index in [1.807, 2.05) is 29.7 Å². The van der Waals surface area contributed by atoms with Gasteiger partial charge in [0.15, 0.2) is 5.96 Å². The minimum atomic E-state index is -0.191. The van der Waals surface area contributed by atoms with Crippen molar-refractivity contribution in [2.45, 2.75) is 46.6 Å². The maximum absolute atomic E-state index is 13.9. The standard InChI is InChI=1S/C22H35FN6/c1-7-24-22(26-16(2)15-19-17(3)27-29(6)18(19)4)25-13-10-14-28(5)21-12-9-8-11-20(21)23/h8-9,11-12,16H,7,10,13-15H2,1-6H3,(H2,24,25,26). The molecule has 0 spiro atoms. The summed E-state index contributed by atoms with van der Waals surface area (Å²) < 4.78 is 15.8. The van der Waals surface area contributed by atoms with Crippen LogP contribution in [0.3, 0.4) is 0 Å². The summed E-state index contributed by atoms with van der Waals surface area (Å²) in [5.41, 5.74) is 4.19. The molecular weight excluding hydrogens is 367 g/mol. The maximum atomic E-state index is 13.9. The highest BCUT2D eigenvalue weighted by Gasteiger charge is 2.14. The first-order valence-corrected chi connectivity index (χ1v) is 10.3. The van der Waals surface area contributed by atoms with E-state index < -0.39 is 0 Å². The lowest BCUT2D eigenvalue weighted by Crippen LogP contribution is -2.43. The maximum Gasteiger partial charge on any atom is 0.191 e. The van der Waals surface area contributed by atoms with Crippen LogP contribution in [0.4, 0.5) is 10.1 Å². The average molecular weight is 403 g/mol. The van der Waals surface area contributed by atoms with E-state index in [1.54, 1.807) is 12.1 Å². The number of aryl methyl sites for hydroxylation is 2. The summed E-state index contributed by atoms with van der Waals surface area (Å²) in [6, 6.07) is 7.09. The van der Waals surface area contributed by atoms with E-state index >= 15 is 0 Å². The molecule has 7 heteroatoms. The molecule has 0 aliphatic heterocycles. The molecule has 0 saturated carbocycles. The van der Waals surface area contributed by atoms with Crippen molar-refractivity contribution < 1.29 is 4.39 Å². The first-order valence-electron chi connectivity index (χ1n) is 10.3. The van der Waals surface area contributed by atoms with Crippen LogP contribution in [-0.2, 0) is 13.5 Å². The lowest BCUT2D eigenvalue weighted by molar-refractivity contribution is 0.619. The number of guanidine groups is 1. The van der Waals surface area contributed by atoms with E-state index in [0.717, 1.165) is 37.6 Å². The van der Waals surface area contributed by atoms with E-state index in [0.29, 0.717) is 12.2 Å². The van der Waals surface area contributed by atoms with Crippen molar-refractivity contribution >= 4 is 11.6 Å². The highest BCUT2D eigenvalue weighted by Crippen LogP contribution is 2.17. The Labute approximate surface area is 174 Å². The van der Waals surface area contributed by atoms with Crippen LogP contribution in [-0.4, -0.2) is 48.5 Å². The van der Waals surface area contributed by atoms with E-state index in [1.165, 1.54) is 17.3 Å². The molecule has 2 N–H and O–H groups in total. The van der Waals surface area contributed by atoms with Crippen molar-refractivity contribution in [1.82, 2.24) is 20.4 Å². The molecule has 0 amide bonds. The van der Waals surface area contributed by atoms with Crippen molar-refractivity contribution in [1.29, 1.82) is 0 Å². The number of rotatable bonds is 9. The second kappa shape index (κ2) is 10.8. The fourth-order valence-electron chi connectivity index (χ4n) is 3.40. The zero-order chi connectivity index (χ0) is 21.4. The number of aromatic nitrogens is 2. The number of hydrogen-bond acceptors (Lipinski definition) is 3. The van der Waals surface area contributed by atoms with Crippen LogP contribution in [0.15, 0.2) is 29.3 Å². The number of halogens is 1. The molecule has 0 aliphatic carbocycles. The third-order valence-corrected chi connectivity index (χ3v) is 5.08. The summed E-state index contributed by atoms with van der Waals surface area (Å²) in [6.07, 6.45) is 1.74. The number of anilines is 1. The second-order valence-electron chi connectivity index (χ2n) is 7.51. The number of aliphatic imine (C=N–C) groups is 1. The van der Waals surface area contributed by atoms with Gasteiger partial charge in [-0.15, -0.1) is 0 Å². The molecule has 1 unspecified atom stereocenters. The summed E-state index contributed by atoms with van der Waals surface area (Å²) in [4.78, 5) is 6.62. The third kappa shape index (κ3) is 6.48. The number of nitrogens with zero attached hydrogens (tertiary/aromatic N) is 4. The van der Waals surface area contributed by atoms with Gasteiger partial charge in [-0.3, -0.25) is 9.67 Å². The van der Waals surface area contributed by atoms with Crippen LogP contribution < -0.4 is 15.5 Å². The molecule has 6 nitrogen and oxygen atoms in total. The Kier molecular flexibility index (Phi) is 8.49. The molecule has 160 valence electrons. The van der Waals surface area contributed by atoms with E-state index in [-0.39, 0.29) is 11.9 Å². The Balaban J connectivity index is 1.88. The molecule has 1 aromatic carbocycles. The fraction of sp³-hybridized carbons (Fsp3) is 0.545. The van der Waals surface area contributed by atoms with E-state index in [2.05, 4.69) is 48.4 Å². The zero-order valence-electron chi connectivity index (χ0n) is 18.6. The number of hydrogen-bond donors (Lipinski definition) is 2. The number of nitrogens with one attached hydrogen (secondary N) is 2. The molecule has 1 heterocycles. The Bertz CT molecular complexity index is 814. The monoisotopic (exact) mass is 402 g/mol. The molecule has 0 saturated heterocycles. The van der Waals surface area contributed by atoms with Gasteiger partial charge in [0.25, 0.3) is 0 Å². The van der Waals surface area contributed by atoms with Gasteiger partial charge >= 0.3 is 0 Å². The number of para-hydroxylation sites is 1. The molecule has 2 rings (SSSR count). The van der Waals surface area contributed by atoms with Gasteiger partial charge in [0.05, 0.1) is 11.4 Å². The fourth-order valence-corrected chi connectivity index (χ4v) is 3.40. The summed E-state index contributed by atoms with van der Waals surface area (Å²) >= 11 is 0. The van der Waals surface area contributed by atoms with Gasteiger partial charge in [-0.05, 0) is 58.2 Å². The Morgan fingerprint density at radius 1 is 1.31 bits per heavy atom. The topological polar surface area (TPSA) is 57.5 Å². The summed E-state index contributed by atoms with van der Waals surface area (Å²) in [7, 11) is 3.89. The van der Waals surface area contributed by atoms with E-state index in [4.69, 9.17) is 0 Å². The molecule has 0 radical (unpaired) electrons. The van der Waals surface area contributed by atoms with Crippen LogP contribution in [0.5, 0.6) is 0 Å². The van der Waals surface area contributed by atoms with Gasteiger partial charge < -0.3 is 15.5 Å². The van der Waals surface area contributed by atoms with Crippen LogP contribution in [0.2, 0.25) is 0 Å². The smallest absolute Gasteiger partial charge is 0.191 e. The van der Waals surface area contributed by atoms with Crippen molar-refractivity contribution in [2.75, 3.05) is 31.6 Å². The Morgan fingerprint density at radius 3 is 2.66 bits per heavy atom. The molecule has 0 bridgehead atoms. The quantitative estimate of drug-likeness (QED) is 0.384. The second-order valence-corrected chi connectivity index (χ2v) is 7.51. The average Bonchev–Trinajstić information content (AvgIpc) is 2.91. The molecule has 2 aromatic rings. The first kappa shape index (κ1) is 22.7. The molecule has 1 aromatic heterocycles. The van der Waals surface area contributed by atoms with Crippen LogP contribution in [0, 0.1) is 19.7 Å².